The molecule has 1 aliphatic rings. The van der Waals surface area contributed by atoms with E-state index in [1.54, 1.807) is 0 Å². The van der Waals surface area contributed by atoms with Crippen LogP contribution >= 0.6 is 12.2 Å². The lowest BCUT2D eigenvalue weighted by molar-refractivity contribution is 0.0678. The van der Waals surface area contributed by atoms with Crippen LogP contribution in [0.1, 0.15) is 18.4 Å². The number of halogens is 1. The van der Waals surface area contributed by atoms with Gasteiger partial charge in [-0.25, -0.2) is 17.5 Å². The molecule has 2 rings (SSSR count). The van der Waals surface area contributed by atoms with E-state index in [0.717, 1.165) is 18.9 Å². The molecular weight excluding hydrogens is 315 g/mol. The molecule has 0 radical (unpaired) electrons. The molecule has 0 unspecified atom stereocenters. The van der Waals surface area contributed by atoms with E-state index < -0.39 is 15.8 Å². The highest BCUT2D eigenvalue weighted by molar-refractivity contribution is 7.89. The molecule has 21 heavy (non-hydrogen) atoms. The van der Waals surface area contributed by atoms with Crippen LogP contribution in [0.25, 0.3) is 0 Å². The van der Waals surface area contributed by atoms with Crippen LogP contribution in [0, 0.1) is 11.7 Å². The Kier molecular flexibility index (Phi) is 5.26. The Morgan fingerprint density at radius 2 is 2.10 bits per heavy atom. The van der Waals surface area contributed by atoms with Gasteiger partial charge < -0.3 is 10.5 Å². The monoisotopic (exact) mass is 332 g/mol. The van der Waals surface area contributed by atoms with Gasteiger partial charge >= 0.3 is 0 Å². The second-order valence-electron chi connectivity index (χ2n) is 4.88. The number of hydrogen-bond donors (Lipinski definition) is 2. The Labute approximate surface area is 128 Å². The third-order valence-electron chi connectivity index (χ3n) is 3.41. The van der Waals surface area contributed by atoms with Crippen LogP contribution in [-0.2, 0) is 14.8 Å². The lowest BCUT2D eigenvalue weighted by atomic mass is 10.0. The van der Waals surface area contributed by atoms with Crippen LogP contribution in [0.4, 0.5) is 4.39 Å². The fourth-order valence-electron chi connectivity index (χ4n) is 2.22. The molecule has 0 spiro atoms. The van der Waals surface area contributed by atoms with E-state index in [0.29, 0.717) is 19.8 Å². The van der Waals surface area contributed by atoms with Crippen molar-refractivity contribution in [2.24, 2.45) is 11.7 Å². The van der Waals surface area contributed by atoms with E-state index in [1.807, 2.05) is 0 Å². The van der Waals surface area contributed by atoms with E-state index in [2.05, 4.69) is 4.72 Å². The minimum atomic E-state index is -3.86. The first kappa shape index (κ1) is 16.3. The summed E-state index contributed by atoms with van der Waals surface area (Å²) < 4.78 is 46.1. The molecule has 1 aromatic rings. The highest BCUT2D eigenvalue weighted by atomic mass is 32.2. The van der Waals surface area contributed by atoms with Crippen molar-refractivity contribution in [3.8, 4) is 0 Å². The van der Waals surface area contributed by atoms with Crippen LogP contribution in [-0.4, -0.2) is 33.2 Å². The fraction of sp³-hybridized carbons (Fsp3) is 0.462. The maximum Gasteiger partial charge on any atom is 0.241 e. The molecule has 3 N–H and O–H groups in total. The summed E-state index contributed by atoms with van der Waals surface area (Å²) in [6, 6.07) is 3.75. The first-order chi connectivity index (χ1) is 9.92. The number of nitrogens with one attached hydrogen (secondary N) is 1. The van der Waals surface area contributed by atoms with Gasteiger partial charge in [0.05, 0.1) is 10.5 Å². The molecular formula is C13H17FN2O3S2. The predicted octanol–water partition coefficient (Wildman–Crippen LogP) is 1.16. The van der Waals surface area contributed by atoms with E-state index in [4.69, 9.17) is 22.7 Å². The van der Waals surface area contributed by atoms with Crippen LogP contribution < -0.4 is 10.5 Å². The van der Waals surface area contributed by atoms with Gasteiger partial charge in [-0.2, -0.15) is 0 Å². The van der Waals surface area contributed by atoms with E-state index in [-0.39, 0.29) is 21.4 Å². The van der Waals surface area contributed by atoms with Gasteiger partial charge in [0.2, 0.25) is 10.0 Å². The van der Waals surface area contributed by atoms with Crippen LogP contribution in [0.3, 0.4) is 0 Å². The topological polar surface area (TPSA) is 81.4 Å². The van der Waals surface area contributed by atoms with Gasteiger partial charge in [0.15, 0.2) is 0 Å². The van der Waals surface area contributed by atoms with Gasteiger partial charge in [-0.3, -0.25) is 0 Å². The Hall–Kier alpha value is -1.09. The molecule has 0 aliphatic carbocycles. The van der Waals surface area contributed by atoms with Crippen molar-refractivity contribution >= 4 is 27.2 Å². The van der Waals surface area contributed by atoms with Crippen LogP contribution in [0.5, 0.6) is 0 Å². The molecule has 0 bridgehead atoms. The first-order valence-corrected chi connectivity index (χ1v) is 8.46. The zero-order chi connectivity index (χ0) is 15.5. The normalized spacial score (nSPS) is 16.8. The number of nitrogens with two attached hydrogens (primary N) is 1. The van der Waals surface area contributed by atoms with Crippen molar-refractivity contribution in [3.63, 3.8) is 0 Å². The van der Waals surface area contributed by atoms with E-state index in [9.17, 15) is 12.8 Å². The Morgan fingerprint density at radius 1 is 1.43 bits per heavy atom. The number of ether oxygens (including phenoxy) is 1. The van der Waals surface area contributed by atoms with Crippen molar-refractivity contribution in [2.75, 3.05) is 19.8 Å². The summed E-state index contributed by atoms with van der Waals surface area (Å²) in [5.41, 5.74) is 5.19. The van der Waals surface area contributed by atoms with Crippen molar-refractivity contribution in [3.05, 3.63) is 29.6 Å². The second kappa shape index (κ2) is 6.78. The van der Waals surface area contributed by atoms with Crippen LogP contribution in [0.2, 0.25) is 0 Å². The first-order valence-electron chi connectivity index (χ1n) is 6.57. The number of rotatable bonds is 5. The smallest absolute Gasteiger partial charge is 0.241 e. The van der Waals surface area contributed by atoms with Gasteiger partial charge in [-0.05, 0) is 30.9 Å². The zero-order valence-corrected chi connectivity index (χ0v) is 13.0. The highest BCUT2D eigenvalue weighted by Crippen LogP contribution is 2.20. The minimum absolute atomic E-state index is 0.218. The molecule has 1 saturated heterocycles. The molecule has 0 atom stereocenters. The molecule has 116 valence electrons. The van der Waals surface area contributed by atoms with Crippen molar-refractivity contribution in [1.29, 1.82) is 0 Å². The summed E-state index contributed by atoms with van der Waals surface area (Å²) in [4.78, 5) is -0.499. The highest BCUT2D eigenvalue weighted by Gasteiger charge is 2.24. The molecule has 0 amide bonds. The largest absolute Gasteiger partial charge is 0.389 e. The fourth-order valence-corrected chi connectivity index (χ4v) is 3.84. The summed E-state index contributed by atoms with van der Waals surface area (Å²) in [6.07, 6.45) is 1.60. The Bertz CT molecular complexity index is 628. The van der Waals surface area contributed by atoms with Gasteiger partial charge in [-0.15, -0.1) is 0 Å². The van der Waals surface area contributed by atoms with E-state index >= 15 is 0 Å². The molecule has 1 fully saturated rings. The summed E-state index contributed by atoms with van der Waals surface area (Å²) >= 11 is 4.74. The van der Waals surface area contributed by atoms with Gasteiger partial charge in [0, 0.05) is 19.8 Å². The van der Waals surface area contributed by atoms with Gasteiger partial charge in [-0.1, -0.05) is 18.3 Å². The maximum atomic E-state index is 13.7. The van der Waals surface area contributed by atoms with Crippen molar-refractivity contribution in [1.82, 2.24) is 4.72 Å². The van der Waals surface area contributed by atoms with Crippen molar-refractivity contribution in [2.45, 2.75) is 17.7 Å². The molecule has 0 saturated carbocycles. The SMILES string of the molecule is NC(=S)c1c(F)cccc1S(=O)(=O)NCC1CCOCC1. The summed E-state index contributed by atoms with van der Waals surface area (Å²) in [7, 11) is -3.86. The number of benzene rings is 1. The van der Waals surface area contributed by atoms with Crippen molar-refractivity contribution < 1.29 is 17.5 Å². The standard InChI is InChI=1S/C13H17FN2O3S2/c14-10-2-1-3-11(12(10)13(15)20)21(17,18)16-8-9-4-6-19-7-5-9/h1-3,9,16H,4-8H2,(H2,15,20). The Morgan fingerprint density at radius 3 is 2.71 bits per heavy atom. The third kappa shape index (κ3) is 3.97. The number of sulfonamides is 1. The molecule has 5 nitrogen and oxygen atoms in total. The second-order valence-corrected chi connectivity index (χ2v) is 7.06. The number of thiocarbonyl (C=S) groups is 1. The van der Waals surface area contributed by atoms with E-state index in [1.165, 1.54) is 12.1 Å². The molecule has 0 aromatic heterocycles. The average Bonchev–Trinajstić information content (AvgIpc) is 2.46. The summed E-state index contributed by atoms with van der Waals surface area (Å²) in [5.74, 6) is -0.521. The molecule has 1 heterocycles. The Balaban J connectivity index is 2.19. The molecule has 8 heteroatoms. The van der Waals surface area contributed by atoms with Crippen LogP contribution in [0.15, 0.2) is 23.1 Å². The summed E-state index contributed by atoms with van der Waals surface area (Å²) in [6.45, 7) is 1.55. The lowest BCUT2D eigenvalue weighted by Gasteiger charge is -2.22. The van der Waals surface area contributed by atoms with Gasteiger partial charge in [0.25, 0.3) is 0 Å². The predicted molar refractivity (Wildman–Crippen MR) is 81.0 cm³/mol. The summed E-state index contributed by atoms with van der Waals surface area (Å²) in [5, 5.41) is 0. The average molecular weight is 332 g/mol. The zero-order valence-electron chi connectivity index (χ0n) is 11.3. The molecule has 1 aliphatic heterocycles. The van der Waals surface area contributed by atoms with Gasteiger partial charge in [0.1, 0.15) is 10.8 Å². The number of hydrogen-bond acceptors (Lipinski definition) is 4. The quantitative estimate of drug-likeness (QED) is 0.791. The third-order valence-corrected chi connectivity index (χ3v) is 5.08. The minimum Gasteiger partial charge on any atom is -0.389 e. The lowest BCUT2D eigenvalue weighted by Crippen LogP contribution is -2.33. The maximum absolute atomic E-state index is 13.7. The molecule has 1 aromatic carbocycles.